The van der Waals surface area contributed by atoms with Gasteiger partial charge in [-0.3, -0.25) is 0 Å². The zero-order valence-corrected chi connectivity index (χ0v) is 7.90. The van der Waals surface area contributed by atoms with Crippen molar-refractivity contribution in [3.05, 3.63) is 53.6 Å². The first-order chi connectivity index (χ1) is 6.92. The smallest absolute Gasteiger partial charge is 0.0953 e. The van der Waals surface area contributed by atoms with E-state index in [2.05, 4.69) is 18.2 Å². The third-order valence-corrected chi connectivity index (χ3v) is 2.39. The van der Waals surface area contributed by atoms with E-state index in [0.717, 1.165) is 29.6 Å². The second kappa shape index (κ2) is 3.93. The van der Waals surface area contributed by atoms with Crippen molar-refractivity contribution in [2.45, 2.75) is 12.8 Å². The first-order valence-corrected chi connectivity index (χ1v) is 4.77. The molecule has 0 heterocycles. The molecular formula is C13H11N. The van der Waals surface area contributed by atoms with Crippen molar-refractivity contribution in [3.63, 3.8) is 0 Å². The summed E-state index contributed by atoms with van der Waals surface area (Å²) in [6.07, 6.45) is 6.04. The van der Waals surface area contributed by atoms with E-state index in [-0.39, 0.29) is 0 Å². The normalized spacial score (nSPS) is 15.4. The topological polar surface area (TPSA) is 23.8 Å². The largest absolute Gasteiger partial charge is 0.193 e. The van der Waals surface area contributed by atoms with Crippen molar-refractivity contribution in [2.75, 3.05) is 0 Å². The van der Waals surface area contributed by atoms with Gasteiger partial charge in [-0.05, 0) is 24.0 Å². The summed E-state index contributed by atoms with van der Waals surface area (Å²) in [6, 6.07) is 12.4. The summed E-state index contributed by atoms with van der Waals surface area (Å²) in [5.41, 5.74) is 3.12. The molecule has 0 aliphatic heterocycles. The zero-order valence-electron chi connectivity index (χ0n) is 7.90. The summed E-state index contributed by atoms with van der Waals surface area (Å²) in [5.74, 6) is 0. The van der Waals surface area contributed by atoms with Crippen LogP contribution >= 0.6 is 0 Å². The molecule has 0 fully saturated rings. The van der Waals surface area contributed by atoms with Gasteiger partial charge in [-0.15, -0.1) is 0 Å². The quantitative estimate of drug-likeness (QED) is 0.652. The van der Waals surface area contributed by atoms with Crippen LogP contribution in [0.1, 0.15) is 18.4 Å². The SMILES string of the molecule is N#CC1=C(c2ccccc2)C=CCC1. The second-order valence-electron chi connectivity index (χ2n) is 3.31. The number of hydrogen-bond acceptors (Lipinski definition) is 1. The Kier molecular flexibility index (Phi) is 2.46. The highest BCUT2D eigenvalue weighted by atomic mass is 14.3. The van der Waals surface area contributed by atoms with E-state index >= 15 is 0 Å². The highest BCUT2D eigenvalue weighted by Crippen LogP contribution is 2.26. The molecule has 0 unspecified atom stereocenters. The Bertz CT molecular complexity index is 418. The monoisotopic (exact) mass is 181 g/mol. The van der Waals surface area contributed by atoms with Crippen LogP contribution in [-0.4, -0.2) is 0 Å². The lowest BCUT2D eigenvalue weighted by Gasteiger charge is -2.10. The van der Waals surface area contributed by atoms with Crippen LogP contribution < -0.4 is 0 Å². The fourth-order valence-electron chi connectivity index (χ4n) is 1.67. The Balaban J connectivity index is 2.48. The highest BCUT2D eigenvalue weighted by Gasteiger charge is 2.08. The van der Waals surface area contributed by atoms with Crippen LogP contribution in [0.15, 0.2) is 48.1 Å². The number of nitrogens with zero attached hydrogens (tertiary/aromatic N) is 1. The first kappa shape index (κ1) is 8.77. The van der Waals surface area contributed by atoms with Crippen molar-refractivity contribution in [1.29, 1.82) is 5.26 Å². The Hall–Kier alpha value is -1.81. The molecular weight excluding hydrogens is 170 g/mol. The second-order valence-corrected chi connectivity index (χ2v) is 3.31. The van der Waals surface area contributed by atoms with Gasteiger partial charge < -0.3 is 0 Å². The number of rotatable bonds is 1. The highest BCUT2D eigenvalue weighted by molar-refractivity contribution is 5.79. The lowest BCUT2D eigenvalue weighted by Crippen LogP contribution is -1.92. The van der Waals surface area contributed by atoms with Crippen molar-refractivity contribution in [1.82, 2.24) is 0 Å². The van der Waals surface area contributed by atoms with Gasteiger partial charge in [0.25, 0.3) is 0 Å². The fourth-order valence-corrected chi connectivity index (χ4v) is 1.67. The molecule has 0 spiro atoms. The number of hydrogen-bond donors (Lipinski definition) is 0. The zero-order chi connectivity index (χ0) is 9.80. The Morgan fingerprint density at radius 3 is 2.64 bits per heavy atom. The minimum atomic E-state index is 0.872. The summed E-state index contributed by atoms with van der Waals surface area (Å²) in [7, 11) is 0. The van der Waals surface area contributed by atoms with E-state index in [9.17, 15) is 0 Å². The van der Waals surface area contributed by atoms with Crippen LogP contribution in [0.4, 0.5) is 0 Å². The minimum absolute atomic E-state index is 0.872. The Morgan fingerprint density at radius 2 is 1.93 bits per heavy atom. The summed E-state index contributed by atoms with van der Waals surface area (Å²) < 4.78 is 0. The Labute approximate surface area is 84.0 Å². The van der Waals surface area contributed by atoms with Crippen LogP contribution in [-0.2, 0) is 0 Å². The molecule has 0 aromatic heterocycles. The van der Waals surface area contributed by atoms with Gasteiger partial charge in [0.1, 0.15) is 0 Å². The molecule has 0 amide bonds. The molecule has 0 atom stereocenters. The van der Waals surface area contributed by atoms with Gasteiger partial charge in [-0.25, -0.2) is 0 Å². The van der Waals surface area contributed by atoms with Gasteiger partial charge in [0.05, 0.1) is 6.07 Å². The maximum atomic E-state index is 8.98. The van der Waals surface area contributed by atoms with E-state index in [1.54, 1.807) is 0 Å². The van der Waals surface area contributed by atoms with Crippen molar-refractivity contribution in [2.24, 2.45) is 0 Å². The summed E-state index contributed by atoms with van der Waals surface area (Å²) in [5, 5.41) is 8.98. The fraction of sp³-hybridized carbons (Fsp3) is 0.154. The third kappa shape index (κ3) is 1.60. The summed E-state index contributed by atoms with van der Waals surface area (Å²) in [4.78, 5) is 0. The van der Waals surface area contributed by atoms with Gasteiger partial charge in [0.2, 0.25) is 0 Å². The van der Waals surface area contributed by atoms with E-state index in [1.807, 2.05) is 30.3 Å². The molecule has 68 valence electrons. The molecule has 14 heavy (non-hydrogen) atoms. The van der Waals surface area contributed by atoms with Gasteiger partial charge in [-0.1, -0.05) is 42.5 Å². The van der Waals surface area contributed by atoms with Gasteiger partial charge in [-0.2, -0.15) is 5.26 Å². The van der Waals surface area contributed by atoms with Crippen LogP contribution in [0.3, 0.4) is 0 Å². The average molecular weight is 181 g/mol. The first-order valence-electron chi connectivity index (χ1n) is 4.77. The average Bonchev–Trinajstić information content (AvgIpc) is 2.30. The predicted molar refractivity (Wildman–Crippen MR) is 57.3 cm³/mol. The molecule has 1 aromatic rings. The van der Waals surface area contributed by atoms with Crippen LogP contribution in [0.25, 0.3) is 5.57 Å². The predicted octanol–water partition coefficient (Wildman–Crippen LogP) is 3.31. The molecule has 1 aliphatic rings. The lowest BCUT2D eigenvalue weighted by atomic mass is 9.93. The molecule has 0 radical (unpaired) electrons. The standard InChI is InChI=1S/C13H11N/c14-10-12-8-4-5-9-13(12)11-6-2-1-3-7-11/h1-3,5-7,9H,4,8H2. The van der Waals surface area contributed by atoms with Crippen LogP contribution in [0.2, 0.25) is 0 Å². The molecule has 0 saturated carbocycles. The molecule has 1 nitrogen and oxygen atoms in total. The molecule has 0 N–H and O–H groups in total. The van der Waals surface area contributed by atoms with Gasteiger partial charge in [0, 0.05) is 5.57 Å². The molecule has 0 saturated heterocycles. The lowest BCUT2D eigenvalue weighted by molar-refractivity contribution is 0.999. The number of benzene rings is 1. The van der Waals surface area contributed by atoms with E-state index < -0.39 is 0 Å². The maximum Gasteiger partial charge on any atom is 0.0953 e. The van der Waals surface area contributed by atoms with E-state index in [0.29, 0.717) is 0 Å². The molecule has 0 bridgehead atoms. The summed E-state index contributed by atoms with van der Waals surface area (Å²) >= 11 is 0. The van der Waals surface area contributed by atoms with Crippen molar-refractivity contribution >= 4 is 5.57 Å². The summed E-state index contributed by atoms with van der Waals surface area (Å²) in [6.45, 7) is 0. The van der Waals surface area contributed by atoms with Crippen molar-refractivity contribution in [3.8, 4) is 6.07 Å². The van der Waals surface area contributed by atoms with E-state index in [1.165, 1.54) is 0 Å². The number of allylic oxidation sites excluding steroid dienone is 4. The van der Waals surface area contributed by atoms with Gasteiger partial charge >= 0.3 is 0 Å². The molecule has 1 aromatic carbocycles. The van der Waals surface area contributed by atoms with Crippen LogP contribution in [0.5, 0.6) is 0 Å². The Morgan fingerprint density at radius 1 is 1.14 bits per heavy atom. The van der Waals surface area contributed by atoms with Crippen LogP contribution in [0, 0.1) is 11.3 Å². The van der Waals surface area contributed by atoms with Gasteiger partial charge in [0.15, 0.2) is 0 Å². The van der Waals surface area contributed by atoms with Crippen molar-refractivity contribution < 1.29 is 0 Å². The molecule has 2 rings (SSSR count). The maximum absolute atomic E-state index is 8.98. The third-order valence-electron chi connectivity index (χ3n) is 2.39. The minimum Gasteiger partial charge on any atom is -0.193 e. The van der Waals surface area contributed by atoms with E-state index in [4.69, 9.17) is 5.26 Å². The molecule has 1 heteroatoms. The number of nitriles is 1. The molecule has 1 aliphatic carbocycles.